The first-order valence-corrected chi connectivity index (χ1v) is 6.70. The quantitative estimate of drug-likeness (QED) is 0.649. The second kappa shape index (κ2) is 5.11. The third kappa shape index (κ3) is 3.00. The van der Waals surface area contributed by atoms with E-state index in [4.69, 9.17) is 15.9 Å². The standard InChI is InChI=1S/C15H23N3O/c1-15(2)7-4-8-18(10-15)13-9-11(19-3)5-6-12(13)14(16)17/h5-6,9H,4,7-8,10H2,1-3H3,(H3,16,17). The number of hydrogen-bond donors (Lipinski definition) is 2. The molecule has 0 bridgehead atoms. The Morgan fingerprint density at radius 2 is 2.16 bits per heavy atom. The van der Waals surface area contributed by atoms with Gasteiger partial charge in [0.2, 0.25) is 0 Å². The second-order valence-electron chi connectivity index (χ2n) is 5.99. The van der Waals surface area contributed by atoms with Gasteiger partial charge in [0.25, 0.3) is 0 Å². The number of amidine groups is 1. The highest BCUT2D eigenvalue weighted by Crippen LogP contribution is 2.34. The van der Waals surface area contributed by atoms with Crippen LogP contribution in [0.15, 0.2) is 18.2 Å². The Morgan fingerprint density at radius 1 is 1.42 bits per heavy atom. The van der Waals surface area contributed by atoms with Crippen LogP contribution in [0.4, 0.5) is 5.69 Å². The van der Waals surface area contributed by atoms with Gasteiger partial charge in [-0.3, -0.25) is 5.41 Å². The van der Waals surface area contributed by atoms with Crippen LogP contribution in [0.2, 0.25) is 0 Å². The molecule has 1 saturated heterocycles. The van der Waals surface area contributed by atoms with Crippen LogP contribution in [-0.4, -0.2) is 26.0 Å². The molecule has 1 heterocycles. The van der Waals surface area contributed by atoms with Crippen LogP contribution in [0, 0.1) is 10.8 Å². The number of methoxy groups -OCH3 is 1. The number of ether oxygens (including phenoxy) is 1. The SMILES string of the molecule is COc1ccc(C(=N)N)c(N2CCCC(C)(C)C2)c1. The molecule has 0 aromatic heterocycles. The van der Waals surface area contributed by atoms with Gasteiger partial charge < -0.3 is 15.4 Å². The highest BCUT2D eigenvalue weighted by Gasteiger charge is 2.28. The van der Waals surface area contributed by atoms with Crippen molar-refractivity contribution in [3.8, 4) is 5.75 Å². The first kappa shape index (κ1) is 13.7. The van der Waals surface area contributed by atoms with Gasteiger partial charge in [-0.1, -0.05) is 13.8 Å². The van der Waals surface area contributed by atoms with Gasteiger partial charge in [-0.2, -0.15) is 0 Å². The minimum absolute atomic E-state index is 0.112. The molecule has 104 valence electrons. The van der Waals surface area contributed by atoms with Crippen LogP contribution in [0.3, 0.4) is 0 Å². The summed E-state index contributed by atoms with van der Waals surface area (Å²) < 4.78 is 5.29. The van der Waals surface area contributed by atoms with E-state index in [-0.39, 0.29) is 5.84 Å². The molecular weight excluding hydrogens is 238 g/mol. The fourth-order valence-corrected chi connectivity index (χ4v) is 2.76. The number of rotatable bonds is 3. The predicted octanol–water partition coefficient (Wildman–Crippen LogP) is 2.61. The van der Waals surface area contributed by atoms with Crippen LogP contribution in [0.25, 0.3) is 0 Å². The van der Waals surface area contributed by atoms with Gasteiger partial charge in [-0.25, -0.2) is 0 Å². The number of nitrogens with one attached hydrogen (secondary N) is 1. The molecule has 1 fully saturated rings. The van der Waals surface area contributed by atoms with Crippen LogP contribution in [0.1, 0.15) is 32.3 Å². The van der Waals surface area contributed by atoms with Gasteiger partial charge in [-0.15, -0.1) is 0 Å². The maximum atomic E-state index is 7.73. The van der Waals surface area contributed by atoms with Crippen molar-refractivity contribution in [2.75, 3.05) is 25.1 Å². The maximum Gasteiger partial charge on any atom is 0.124 e. The van der Waals surface area contributed by atoms with E-state index < -0.39 is 0 Å². The van der Waals surface area contributed by atoms with Crippen molar-refractivity contribution in [3.05, 3.63) is 23.8 Å². The second-order valence-corrected chi connectivity index (χ2v) is 5.99. The normalized spacial score (nSPS) is 18.2. The zero-order chi connectivity index (χ0) is 14.0. The molecule has 0 amide bonds. The number of piperidine rings is 1. The molecular formula is C15H23N3O. The molecule has 4 nitrogen and oxygen atoms in total. The van der Waals surface area contributed by atoms with Gasteiger partial charge in [-0.05, 0) is 30.4 Å². The van der Waals surface area contributed by atoms with Gasteiger partial charge in [0.1, 0.15) is 11.6 Å². The lowest BCUT2D eigenvalue weighted by Crippen LogP contribution is -2.41. The molecule has 0 saturated carbocycles. The molecule has 1 aromatic rings. The van der Waals surface area contributed by atoms with Crippen molar-refractivity contribution in [1.82, 2.24) is 0 Å². The van der Waals surface area contributed by atoms with Gasteiger partial charge in [0, 0.05) is 24.7 Å². The Labute approximate surface area is 115 Å². The zero-order valence-corrected chi connectivity index (χ0v) is 12.0. The Kier molecular flexibility index (Phi) is 3.69. The summed E-state index contributed by atoms with van der Waals surface area (Å²) in [6, 6.07) is 5.71. The number of anilines is 1. The third-order valence-corrected chi connectivity index (χ3v) is 3.74. The number of benzene rings is 1. The van der Waals surface area contributed by atoms with Crippen molar-refractivity contribution in [2.45, 2.75) is 26.7 Å². The fraction of sp³-hybridized carbons (Fsp3) is 0.533. The Morgan fingerprint density at radius 3 is 2.74 bits per heavy atom. The summed E-state index contributed by atoms with van der Waals surface area (Å²) in [4.78, 5) is 2.32. The Hall–Kier alpha value is -1.71. The molecule has 0 spiro atoms. The van der Waals surface area contributed by atoms with Crippen molar-refractivity contribution in [1.29, 1.82) is 5.41 Å². The van der Waals surface area contributed by atoms with Crippen molar-refractivity contribution >= 4 is 11.5 Å². The van der Waals surface area contributed by atoms with Gasteiger partial charge in [0.15, 0.2) is 0 Å². The van der Waals surface area contributed by atoms with E-state index in [0.717, 1.165) is 30.1 Å². The molecule has 3 N–H and O–H groups in total. The monoisotopic (exact) mass is 261 g/mol. The summed E-state index contributed by atoms with van der Waals surface area (Å²) in [5.41, 5.74) is 7.80. The molecule has 19 heavy (non-hydrogen) atoms. The lowest BCUT2D eigenvalue weighted by molar-refractivity contribution is 0.293. The summed E-state index contributed by atoms with van der Waals surface area (Å²) in [6.07, 6.45) is 2.41. The number of hydrogen-bond acceptors (Lipinski definition) is 3. The number of nitrogen functional groups attached to an aromatic ring is 1. The Bertz CT molecular complexity index is 482. The number of nitrogens with two attached hydrogens (primary N) is 1. The van der Waals surface area contributed by atoms with Crippen LogP contribution < -0.4 is 15.4 Å². The van der Waals surface area contributed by atoms with Crippen molar-refractivity contribution < 1.29 is 4.74 Å². The van der Waals surface area contributed by atoms with E-state index in [0.29, 0.717) is 5.41 Å². The van der Waals surface area contributed by atoms with E-state index in [2.05, 4.69) is 18.7 Å². The van der Waals surface area contributed by atoms with Gasteiger partial charge in [0.05, 0.1) is 12.8 Å². The minimum atomic E-state index is 0.112. The fourth-order valence-electron chi connectivity index (χ4n) is 2.76. The van der Waals surface area contributed by atoms with E-state index in [1.165, 1.54) is 12.8 Å². The third-order valence-electron chi connectivity index (χ3n) is 3.74. The zero-order valence-electron chi connectivity index (χ0n) is 12.0. The molecule has 1 aromatic carbocycles. The molecule has 0 radical (unpaired) electrons. The molecule has 0 unspecified atom stereocenters. The molecule has 0 atom stereocenters. The predicted molar refractivity (Wildman–Crippen MR) is 79.2 cm³/mol. The van der Waals surface area contributed by atoms with Crippen LogP contribution in [0.5, 0.6) is 5.75 Å². The highest BCUT2D eigenvalue weighted by molar-refractivity contribution is 6.00. The summed E-state index contributed by atoms with van der Waals surface area (Å²) in [5.74, 6) is 0.921. The van der Waals surface area contributed by atoms with Gasteiger partial charge >= 0.3 is 0 Å². The summed E-state index contributed by atoms with van der Waals surface area (Å²) in [7, 11) is 1.66. The molecule has 1 aliphatic heterocycles. The average molecular weight is 261 g/mol. The van der Waals surface area contributed by atoms with E-state index >= 15 is 0 Å². The van der Waals surface area contributed by atoms with E-state index in [1.807, 2.05) is 18.2 Å². The molecule has 0 aliphatic carbocycles. The molecule has 2 rings (SSSR count). The lowest BCUT2D eigenvalue weighted by Gasteiger charge is -2.40. The minimum Gasteiger partial charge on any atom is -0.497 e. The summed E-state index contributed by atoms with van der Waals surface area (Å²) in [6.45, 7) is 6.57. The van der Waals surface area contributed by atoms with Crippen LogP contribution >= 0.6 is 0 Å². The molecule has 1 aliphatic rings. The number of nitrogens with zero attached hydrogens (tertiary/aromatic N) is 1. The van der Waals surface area contributed by atoms with Crippen LogP contribution in [-0.2, 0) is 0 Å². The lowest BCUT2D eigenvalue weighted by atomic mass is 9.84. The van der Waals surface area contributed by atoms with Crippen molar-refractivity contribution in [2.24, 2.45) is 11.1 Å². The largest absolute Gasteiger partial charge is 0.497 e. The van der Waals surface area contributed by atoms with Crippen molar-refractivity contribution in [3.63, 3.8) is 0 Å². The molecule has 4 heteroatoms. The maximum absolute atomic E-state index is 7.73. The van der Waals surface area contributed by atoms with E-state index in [9.17, 15) is 0 Å². The topological polar surface area (TPSA) is 62.3 Å². The highest BCUT2D eigenvalue weighted by atomic mass is 16.5. The Balaban J connectivity index is 2.38. The smallest absolute Gasteiger partial charge is 0.124 e. The first-order chi connectivity index (χ1) is 8.93. The summed E-state index contributed by atoms with van der Waals surface area (Å²) in [5, 5.41) is 7.73. The average Bonchev–Trinajstić information content (AvgIpc) is 2.36. The van der Waals surface area contributed by atoms with E-state index in [1.54, 1.807) is 7.11 Å². The first-order valence-electron chi connectivity index (χ1n) is 6.70. The summed E-state index contributed by atoms with van der Waals surface area (Å²) >= 11 is 0.